The Kier molecular flexibility index (Phi) is 5.46. The van der Waals surface area contributed by atoms with Crippen LogP contribution in [0.25, 0.3) is 17.4 Å². The number of nitrogens with zero attached hydrogens (tertiary/aromatic N) is 3. The van der Waals surface area contributed by atoms with Crippen LogP contribution in [0.4, 0.5) is 0 Å². The van der Waals surface area contributed by atoms with Gasteiger partial charge < -0.3 is 9.15 Å². The van der Waals surface area contributed by atoms with Gasteiger partial charge >= 0.3 is 5.97 Å². The van der Waals surface area contributed by atoms with Gasteiger partial charge in [0.1, 0.15) is 16.6 Å². The van der Waals surface area contributed by atoms with Gasteiger partial charge in [-0.25, -0.2) is 4.79 Å². The largest absolute Gasteiger partial charge is 0.465 e. The number of hydrogen-bond acceptors (Lipinski definition) is 7. The maximum atomic E-state index is 12.7. The molecule has 2 aromatic carbocycles. The third-order valence-corrected chi connectivity index (χ3v) is 6.21. The van der Waals surface area contributed by atoms with Crippen molar-refractivity contribution in [3.8, 4) is 11.3 Å². The van der Waals surface area contributed by atoms with Crippen molar-refractivity contribution in [2.45, 2.75) is 6.92 Å². The summed E-state index contributed by atoms with van der Waals surface area (Å²) in [7, 11) is 1.33. The highest BCUT2D eigenvalue weighted by Crippen LogP contribution is 2.31. The van der Waals surface area contributed by atoms with Gasteiger partial charge in [0.05, 0.1) is 18.2 Å². The summed E-state index contributed by atoms with van der Waals surface area (Å²) >= 11 is 1.26. The second-order valence-electron chi connectivity index (χ2n) is 7.56. The van der Waals surface area contributed by atoms with Gasteiger partial charge in [-0.1, -0.05) is 42.0 Å². The number of esters is 1. The zero-order valence-corrected chi connectivity index (χ0v) is 19.1. The van der Waals surface area contributed by atoms with E-state index in [1.165, 1.54) is 30.0 Å². The molecular formula is C25H18N4O4S. The molecule has 0 fully saturated rings. The number of hydrogen-bond donors (Lipinski definition) is 1. The predicted molar refractivity (Wildman–Crippen MR) is 131 cm³/mol. The molecule has 2 aliphatic rings. The van der Waals surface area contributed by atoms with E-state index in [0.29, 0.717) is 27.3 Å². The molecule has 34 heavy (non-hydrogen) atoms. The minimum atomic E-state index is -0.524. The summed E-state index contributed by atoms with van der Waals surface area (Å²) in [4.78, 5) is 28.4. The lowest BCUT2D eigenvalue weighted by molar-refractivity contribution is -0.114. The van der Waals surface area contributed by atoms with E-state index in [4.69, 9.17) is 14.6 Å². The Labute approximate surface area is 199 Å². The molecule has 8 nitrogen and oxygen atoms in total. The molecule has 0 radical (unpaired) electrons. The highest BCUT2D eigenvalue weighted by molar-refractivity contribution is 8.27. The Morgan fingerprint density at radius 3 is 2.47 bits per heavy atom. The molecule has 1 amide bonds. The lowest BCUT2D eigenvalue weighted by Gasteiger charge is -2.19. The Hall–Kier alpha value is -4.24. The summed E-state index contributed by atoms with van der Waals surface area (Å²) in [6.45, 7) is 2.00. The molecule has 0 bridgehead atoms. The highest BCUT2D eigenvalue weighted by Gasteiger charge is 2.36. The first-order valence-electron chi connectivity index (χ1n) is 10.3. The molecule has 3 heterocycles. The molecule has 3 aromatic rings. The monoisotopic (exact) mass is 470 g/mol. The summed E-state index contributed by atoms with van der Waals surface area (Å²) in [5.74, 6) is -0.0551. The van der Waals surface area contributed by atoms with Gasteiger partial charge in [0, 0.05) is 11.1 Å². The fraction of sp³-hybridized carbons (Fsp3) is 0.0800. The fourth-order valence-corrected chi connectivity index (χ4v) is 4.32. The smallest absolute Gasteiger partial charge is 0.337 e. The van der Waals surface area contributed by atoms with Gasteiger partial charge in [0.15, 0.2) is 5.84 Å². The molecule has 2 aliphatic heterocycles. The third-order valence-electron chi connectivity index (χ3n) is 5.26. The summed E-state index contributed by atoms with van der Waals surface area (Å²) in [5, 5.41) is 15.4. The van der Waals surface area contributed by atoms with Gasteiger partial charge in [-0.15, -0.1) is 0 Å². The molecular weight excluding hydrogens is 452 g/mol. The van der Waals surface area contributed by atoms with Crippen molar-refractivity contribution >= 4 is 45.8 Å². The second kappa shape index (κ2) is 8.60. The van der Waals surface area contributed by atoms with Crippen molar-refractivity contribution in [2.24, 2.45) is 10.1 Å². The van der Waals surface area contributed by atoms with E-state index < -0.39 is 11.9 Å². The average molecular weight is 471 g/mol. The molecule has 168 valence electrons. The van der Waals surface area contributed by atoms with Crippen LogP contribution in [-0.4, -0.2) is 40.0 Å². The van der Waals surface area contributed by atoms with Gasteiger partial charge in [0.25, 0.3) is 5.91 Å². The average Bonchev–Trinajstić information content (AvgIpc) is 3.49. The summed E-state index contributed by atoms with van der Waals surface area (Å²) in [6.07, 6.45) is 1.49. The van der Waals surface area contributed by atoms with Crippen LogP contribution in [0.1, 0.15) is 27.2 Å². The quantitative estimate of drug-likeness (QED) is 0.437. The van der Waals surface area contributed by atoms with Crippen molar-refractivity contribution in [1.29, 1.82) is 5.41 Å². The maximum Gasteiger partial charge on any atom is 0.337 e. The number of ether oxygens (including phenoxy) is 1. The van der Waals surface area contributed by atoms with Crippen LogP contribution in [-0.2, 0) is 9.53 Å². The second-order valence-corrected chi connectivity index (χ2v) is 8.52. The van der Waals surface area contributed by atoms with Crippen LogP contribution >= 0.6 is 11.8 Å². The first-order chi connectivity index (χ1) is 16.4. The number of methoxy groups -OCH3 is 1. The molecule has 0 unspecified atom stereocenters. The van der Waals surface area contributed by atoms with Crippen molar-refractivity contribution in [2.75, 3.05) is 7.11 Å². The Morgan fingerprint density at radius 2 is 1.76 bits per heavy atom. The first kappa shape index (κ1) is 21.6. The van der Waals surface area contributed by atoms with Crippen LogP contribution < -0.4 is 0 Å². The van der Waals surface area contributed by atoms with Crippen LogP contribution in [0.5, 0.6) is 0 Å². The molecule has 9 heteroatoms. The number of rotatable bonds is 4. The number of carbonyl (C=O) groups excluding carboxylic acids is 2. The topological polar surface area (TPSA) is 108 Å². The summed E-state index contributed by atoms with van der Waals surface area (Å²) < 4.78 is 10.6. The van der Waals surface area contributed by atoms with E-state index in [0.717, 1.165) is 16.7 Å². The number of thioether (sulfide) groups is 1. The number of carbonyl (C=O) groups is 2. The SMILES string of the molecule is COC(=O)c1ccc(-c2ccc(/C=C3\C(=N)N4N=C(c5ccc(C)cc5)SC4=NC3=O)o2)cc1. The molecule has 0 spiro atoms. The van der Waals surface area contributed by atoms with E-state index in [1.54, 1.807) is 36.4 Å². The van der Waals surface area contributed by atoms with E-state index >= 15 is 0 Å². The molecule has 1 N–H and O–H groups in total. The zero-order valence-electron chi connectivity index (χ0n) is 18.2. The predicted octanol–water partition coefficient (Wildman–Crippen LogP) is 4.71. The first-order valence-corrected chi connectivity index (χ1v) is 11.1. The lowest BCUT2D eigenvalue weighted by atomic mass is 10.1. The fourth-order valence-electron chi connectivity index (χ4n) is 3.42. The Morgan fingerprint density at radius 1 is 1.06 bits per heavy atom. The van der Waals surface area contributed by atoms with E-state index in [1.807, 2.05) is 31.2 Å². The van der Waals surface area contributed by atoms with Crippen molar-refractivity contribution in [1.82, 2.24) is 5.01 Å². The van der Waals surface area contributed by atoms with Crippen LogP contribution in [0.3, 0.4) is 0 Å². The standard InChI is InChI=1S/C25H18N4O4S/c1-14-3-5-16(6-4-14)23-28-29-21(26)19(22(30)27-25(29)34-23)13-18-11-12-20(33-18)15-7-9-17(10-8-15)24(31)32-2/h3-13,26H,1-2H3/b19-13+,26-21?. The molecule has 1 aromatic heterocycles. The van der Waals surface area contributed by atoms with Crippen LogP contribution in [0.15, 0.2) is 80.7 Å². The van der Waals surface area contributed by atoms with Gasteiger partial charge in [-0.3, -0.25) is 10.2 Å². The van der Waals surface area contributed by atoms with E-state index in [2.05, 4.69) is 10.1 Å². The van der Waals surface area contributed by atoms with Crippen molar-refractivity contribution in [3.63, 3.8) is 0 Å². The molecule has 0 saturated heterocycles. The van der Waals surface area contributed by atoms with Gasteiger partial charge in [-0.05, 0) is 49.0 Å². The van der Waals surface area contributed by atoms with Crippen molar-refractivity contribution in [3.05, 3.63) is 88.7 Å². The number of benzene rings is 2. The molecule has 5 rings (SSSR count). The number of aliphatic imine (C=N–C) groups is 1. The van der Waals surface area contributed by atoms with E-state index in [9.17, 15) is 9.59 Å². The van der Waals surface area contributed by atoms with Crippen LogP contribution in [0.2, 0.25) is 0 Å². The maximum absolute atomic E-state index is 12.7. The molecule has 0 atom stereocenters. The number of amidine groups is 2. The number of nitrogens with one attached hydrogen (secondary N) is 1. The Balaban J connectivity index is 1.39. The summed E-state index contributed by atoms with van der Waals surface area (Å²) in [6, 6.07) is 18.1. The number of amides is 1. The lowest BCUT2D eigenvalue weighted by Crippen LogP contribution is -2.35. The number of fused-ring (bicyclic) bond motifs is 1. The molecule has 0 aliphatic carbocycles. The third kappa shape index (κ3) is 3.97. The normalized spacial score (nSPS) is 16.4. The van der Waals surface area contributed by atoms with Crippen LogP contribution in [0, 0.1) is 12.3 Å². The zero-order chi connectivity index (χ0) is 23.8. The van der Waals surface area contributed by atoms with Gasteiger partial charge in [0.2, 0.25) is 5.17 Å². The number of hydrazone groups is 1. The highest BCUT2D eigenvalue weighted by atomic mass is 32.2. The van der Waals surface area contributed by atoms with Gasteiger partial charge in [-0.2, -0.15) is 15.1 Å². The van der Waals surface area contributed by atoms with E-state index in [-0.39, 0.29) is 11.4 Å². The molecule has 0 saturated carbocycles. The number of aryl methyl sites for hydroxylation is 1. The summed E-state index contributed by atoms with van der Waals surface area (Å²) in [5.41, 5.74) is 3.30. The minimum Gasteiger partial charge on any atom is -0.465 e. The van der Waals surface area contributed by atoms with Crippen molar-refractivity contribution < 1.29 is 18.7 Å². The Bertz CT molecular complexity index is 1420. The number of furan rings is 1. The minimum absolute atomic E-state index is 0.0648.